The zero-order valence-corrected chi connectivity index (χ0v) is 11.5. The van der Waals surface area contributed by atoms with E-state index in [2.05, 4.69) is 24.3 Å². The Morgan fingerprint density at radius 2 is 2.25 bits per heavy atom. The van der Waals surface area contributed by atoms with E-state index in [0.29, 0.717) is 5.25 Å². The predicted molar refractivity (Wildman–Crippen MR) is 69.2 cm³/mol. The van der Waals surface area contributed by atoms with Crippen LogP contribution < -0.4 is 10.1 Å². The van der Waals surface area contributed by atoms with Gasteiger partial charge in [0, 0.05) is 12.8 Å². The molecule has 0 saturated heterocycles. The fraction of sp³-hybridized carbons (Fsp3) is 0.727. The lowest BCUT2D eigenvalue weighted by atomic mass is 10.2. The van der Waals surface area contributed by atoms with Gasteiger partial charge in [0.15, 0.2) is 5.75 Å². The van der Waals surface area contributed by atoms with Gasteiger partial charge < -0.3 is 10.1 Å². The highest BCUT2D eigenvalue weighted by atomic mass is 32.2. The first kappa shape index (κ1) is 13.4. The van der Waals surface area contributed by atoms with Crippen molar-refractivity contribution in [2.45, 2.75) is 25.1 Å². The summed E-state index contributed by atoms with van der Waals surface area (Å²) < 4.78 is 7.20. The molecule has 16 heavy (non-hydrogen) atoms. The highest BCUT2D eigenvalue weighted by Crippen LogP contribution is 2.27. The van der Waals surface area contributed by atoms with Crippen molar-refractivity contribution in [2.24, 2.45) is 7.05 Å². The van der Waals surface area contributed by atoms with Crippen molar-refractivity contribution in [3.63, 3.8) is 0 Å². The number of ether oxygens (including phenoxy) is 1. The summed E-state index contributed by atoms with van der Waals surface area (Å²) >= 11 is 1.93. The lowest BCUT2D eigenvalue weighted by Crippen LogP contribution is -2.22. The second-order valence-corrected chi connectivity index (χ2v) is 5.55. The monoisotopic (exact) mass is 243 g/mol. The van der Waals surface area contributed by atoms with Gasteiger partial charge >= 0.3 is 0 Å². The number of nitrogens with one attached hydrogen (secondary N) is 1. The summed E-state index contributed by atoms with van der Waals surface area (Å²) in [6, 6.07) is 0.273. The average Bonchev–Trinajstić information content (AvgIpc) is 2.61. The van der Waals surface area contributed by atoms with Crippen LogP contribution in [0.4, 0.5) is 0 Å². The Balaban J connectivity index is 2.81. The molecular formula is C11H21N3OS. The second kappa shape index (κ2) is 6.15. The Hall–Kier alpha value is -0.680. The van der Waals surface area contributed by atoms with Gasteiger partial charge in [0.25, 0.3) is 0 Å². The molecule has 0 saturated carbocycles. The van der Waals surface area contributed by atoms with Crippen LogP contribution in [0.25, 0.3) is 0 Å². The van der Waals surface area contributed by atoms with Crippen LogP contribution in [0, 0.1) is 0 Å². The smallest absolute Gasteiger partial charge is 0.161 e. The highest BCUT2D eigenvalue weighted by molar-refractivity contribution is 7.99. The molecule has 0 spiro atoms. The lowest BCUT2D eigenvalue weighted by molar-refractivity contribution is 0.401. The molecule has 1 N–H and O–H groups in total. The molecule has 1 aromatic rings. The molecule has 1 rings (SSSR count). The molecule has 0 aliphatic carbocycles. The first-order valence-corrected chi connectivity index (χ1v) is 6.49. The maximum atomic E-state index is 5.32. The minimum Gasteiger partial charge on any atom is -0.493 e. The van der Waals surface area contributed by atoms with Crippen molar-refractivity contribution in [2.75, 3.05) is 19.9 Å². The third kappa shape index (κ3) is 3.15. The number of rotatable bonds is 6. The Morgan fingerprint density at radius 3 is 2.75 bits per heavy atom. The fourth-order valence-electron chi connectivity index (χ4n) is 1.57. The molecule has 0 fully saturated rings. The molecule has 0 radical (unpaired) electrons. The SMILES string of the molecule is CNC(CSC(C)C)c1c(OC)cnn1C. The molecule has 1 aromatic heterocycles. The van der Waals surface area contributed by atoms with Gasteiger partial charge in [0.05, 0.1) is 25.0 Å². The van der Waals surface area contributed by atoms with Crippen LogP contribution in [-0.2, 0) is 7.05 Å². The summed E-state index contributed by atoms with van der Waals surface area (Å²) in [5.74, 6) is 1.87. The maximum absolute atomic E-state index is 5.32. The van der Waals surface area contributed by atoms with Crippen molar-refractivity contribution in [3.05, 3.63) is 11.9 Å². The highest BCUT2D eigenvalue weighted by Gasteiger charge is 2.19. The quantitative estimate of drug-likeness (QED) is 0.827. The van der Waals surface area contributed by atoms with E-state index < -0.39 is 0 Å². The van der Waals surface area contributed by atoms with E-state index in [1.165, 1.54) is 0 Å². The molecule has 1 unspecified atom stereocenters. The van der Waals surface area contributed by atoms with Crippen LogP contribution in [-0.4, -0.2) is 34.9 Å². The van der Waals surface area contributed by atoms with Crippen LogP contribution in [0.15, 0.2) is 6.20 Å². The minimum atomic E-state index is 0.273. The predicted octanol–water partition coefficient (Wildman–Crippen LogP) is 1.83. The van der Waals surface area contributed by atoms with Crippen LogP contribution >= 0.6 is 11.8 Å². The number of hydrogen-bond donors (Lipinski definition) is 1. The molecule has 1 atom stereocenters. The minimum absolute atomic E-state index is 0.273. The molecule has 5 heteroatoms. The third-order valence-corrected chi connectivity index (χ3v) is 3.64. The van der Waals surface area contributed by atoms with E-state index in [4.69, 9.17) is 4.74 Å². The largest absolute Gasteiger partial charge is 0.493 e. The van der Waals surface area contributed by atoms with Crippen LogP contribution in [0.2, 0.25) is 0 Å². The molecule has 0 aromatic carbocycles. The Morgan fingerprint density at radius 1 is 1.56 bits per heavy atom. The van der Waals surface area contributed by atoms with Gasteiger partial charge in [-0.1, -0.05) is 13.8 Å². The molecule has 0 bridgehead atoms. The molecule has 1 heterocycles. The van der Waals surface area contributed by atoms with Gasteiger partial charge in [0.2, 0.25) is 0 Å². The van der Waals surface area contributed by atoms with Gasteiger partial charge in [-0.15, -0.1) is 0 Å². The van der Waals surface area contributed by atoms with Crippen molar-refractivity contribution < 1.29 is 4.74 Å². The van der Waals surface area contributed by atoms with E-state index in [9.17, 15) is 0 Å². The summed E-state index contributed by atoms with van der Waals surface area (Å²) in [5.41, 5.74) is 1.11. The molecule has 4 nitrogen and oxygen atoms in total. The van der Waals surface area contributed by atoms with Gasteiger partial charge in [-0.25, -0.2) is 0 Å². The number of hydrogen-bond acceptors (Lipinski definition) is 4. The number of methoxy groups -OCH3 is 1. The molecular weight excluding hydrogens is 222 g/mol. The second-order valence-electron chi connectivity index (χ2n) is 3.95. The summed E-state index contributed by atoms with van der Waals surface area (Å²) in [7, 11) is 5.60. The molecule has 0 aliphatic heterocycles. The summed E-state index contributed by atoms with van der Waals surface area (Å²) in [5, 5.41) is 8.17. The standard InChI is InChI=1S/C11H21N3OS/c1-8(2)16-7-9(12-3)11-10(15-5)6-13-14(11)4/h6,8-9,12H,7H2,1-5H3. The van der Waals surface area contributed by atoms with Gasteiger partial charge in [-0.2, -0.15) is 16.9 Å². The van der Waals surface area contributed by atoms with E-state index >= 15 is 0 Å². The van der Waals surface area contributed by atoms with E-state index in [0.717, 1.165) is 17.2 Å². The topological polar surface area (TPSA) is 39.1 Å². The van der Waals surface area contributed by atoms with Crippen LogP contribution in [0.5, 0.6) is 5.75 Å². The Labute approximate surface area is 102 Å². The third-order valence-electron chi connectivity index (χ3n) is 2.44. The first-order valence-electron chi connectivity index (χ1n) is 5.44. The maximum Gasteiger partial charge on any atom is 0.161 e. The molecule has 0 amide bonds. The van der Waals surface area contributed by atoms with Gasteiger partial charge in [0.1, 0.15) is 0 Å². The van der Waals surface area contributed by atoms with Crippen molar-refractivity contribution in [1.29, 1.82) is 0 Å². The molecule has 0 aliphatic rings. The Kier molecular flexibility index (Phi) is 5.15. The van der Waals surface area contributed by atoms with E-state index in [1.807, 2.05) is 30.5 Å². The Bertz CT molecular complexity index is 325. The fourth-order valence-corrected chi connectivity index (χ4v) is 2.47. The van der Waals surface area contributed by atoms with Crippen LogP contribution in [0.3, 0.4) is 0 Å². The summed E-state index contributed by atoms with van der Waals surface area (Å²) in [4.78, 5) is 0. The zero-order valence-electron chi connectivity index (χ0n) is 10.7. The number of nitrogens with zero attached hydrogens (tertiary/aromatic N) is 2. The van der Waals surface area contributed by atoms with Gasteiger partial charge in [-0.3, -0.25) is 4.68 Å². The van der Waals surface area contributed by atoms with E-state index in [1.54, 1.807) is 13.3 Å². The van der Waals surface area contributed by atoms with Crippen LogP contribution in [0.1, 0.15) is 25.6 Å². The number of thioether (sulfide) groups is 1. The van der Waals surface area contributed by atoms with Crippen molar-refractivity contribution >= 4 is 11.8 Å². The van der Waals surface area contributed by atoms with Crippen molar-refractivity contribution in [1.82, 2.24) is 15.1 Å². The average molecular weight is 243 g/mol. The number of aromatic nitrogens is 2. The molecule has 92 valence electrons. The summed E-state index contributed by atoms with van der Waals surface area (Å²) in [6.07, 6.45) is 1.76. The first-order chi connectivity index (χ1) is 7.60. The van der Waals surface area contributed by atoms with E-state index in [-0.39, 0.29) is 6.04 Å². The van der Waals surface area contributed by atoms with Crippen molar-refractivity contribution in [3.8, 4) is 5.75 Å². The van der Waals surface area contributed by atoms with Gasteiger partial charge in [-0.05, 0) is 12.3 Å². The zero-order chi connectivity index (χ0) is 12.1. The summed E-state index contributed by atoms with van der Waals surface area (Å²) in [6.45, 7) is 4.41. The normalized spacial score (nSPS) is 13.1. The number of aryl methyl sites for hydroxylation is 1. The lowest BCUT2D eigenvalue weighted by Gasteiger charge is -2.18.